The Morgan fingerprint density at radius 1 is 1.48 bits per heavy atom. The van der Waals surface area contributed by atoms with Crippen molar-refractivity contribution in [2.45, 2.75) is 18.6 Å². The highest BCUT2D eigenvalue weighted by atomic mass is 32.2. The summed E-state index contributed by atoms with van der Waals surface area (Å²) in [6, 6.07) is 2.87. The van der Waals surface area contributed by atoms with Crippen molar-refractivity contribution in [2.75, 3.05) is 12.8 Å². The van der Waals surface area contributed by atoms with Gasteiger partial charge in [0.2, 0.25) is 0 Å². The van der Waals surface area contributed by atoms with Crippen molar-refractivity contribution in [3.8, 4) is 0 Å². The maximum absolute atomic E-state index is 11.9. The Balaban J connectivity index is 2.78. The van der Waals surface area contributed by atoms with E-state index in [-0.39, 0.29) is 18.1 Å². The van der Waals surface area contributed by atoms with Crippen LogP contribution in [0.4, 0.5) is 0 Å². The first-order chi connectivity index (χ1) is 9.58. The van der Waals surface area contributed by atoms with Gasteiger partial charge in [0.25, 0.3) is 5.91 Å². The summed E-state index contributed by atoms with van der Waals surface area (Å²) in [5.41, 5.74) is 5.85. The molecule has 0 aliphatic rings. The van der Waals surface area contributed by atoms with E-state index in [0.717, 1.165) is 6.26 Å². The number of rotatable bonds is 5. The first-order valence-corrected chi connectivity index (χ1v) is 7.89. The molecular weight excluding hydrogens is 296 g/mol. The molecule has 0 saturated heterocycles. The summed E-state index contributed by atoms with van der Waals surface area (Å²) in [6.45, 7) is 3.02. The third-order valence-electron chi connectivity index (χ3n) is 3.08. The van der Waals surface area contributed by atoms with Crippen LogP contribution in [0.2, 0.25) is 0 Å². The van der Waals surface area contributed by atoms with Gasteiger partial charge >= 0.3 is 0 Å². The van der Waals surface area contributed by atoms with Crippen LogP contribution < -0.4 is 11.1 Å². The number of amides is 1. The third-order valence-corrected chi connectivity index (χ3v) is 5.23. The summed E-state index contributed by atoms with van der Waals surface area (Å²) in [5, 5.41) is 13.8. The number of aromatic nitrogens is 1. The van der Waals surface area contributed by atoms with E-state index in [1.54, 1.807) is 0 Å². The number of carbonyl (C=O) groups is 1. The molecule has 21 heavy (non-hydrogen) atoms. The predicted octanol–water partition coefficient (Wildman–Crippen LogP) is -0.271. The molecule has 1 amide bonds. The number of nitrogens with one attached hydrogen (secondary N) is 1. The molecule has 0 aromatic carbocycles. The second-order valence-corrected chi connectivity index (χ2v) is 7.78. The molecule has 0 atom stereocenters. The number of sulfone groups is 1. The van der Waals surface area contributed by atoms with E-state index in [9.17, 15) is 13.2 Å². The van der Waals surface area contributed by atoms with Crippen molar-refractivity contribution < 1.29 is 18.4 Å². The molecule has 0 radical (unpaired) electrons. The van der Waals surface area contributed by atoms with Gasteiger partial charge < -0.3 is 16.3 Å². The van der Waals surface area contributed by atoms with Crippen molar-refractivity contribution in [3.05, 3.63) is 29.6 Å². The van der Waals surface area contributed by atoms with Gasteiger partial charge in [-0.05, 0) is 26.0 Å². The second-order valence-electron chi connectivity index (χ2n) is 5.13. The fourth-order valence-electron chi connectivity index (χ4n) is 1.25. The molecule has 0 fully saturated rings. The number of nitrogens with zero attached hydrogens (tertiary/aromatic N) is 2. The Morgan fingerprint density at radius 2 is 2.10 bits per heavy atom. The van der Waals surface area contributed by atoms with Crippen molar-refractivity contribution in [3.63, 3.8) is 0 Å². The zero-order valence-electron chi connectivity index (χ0n) is 12.0. The first-order valence-electron chi connectivity index (χ1n) is 6.00. The van der Waals surface area contributed by atoms with Gasteiger partial charge in [-0.25, -0.2) is 8.42 Å². The van der Waals surface area contributed by atoms with Crippen molar-refractivity contribution >= 4 is 21.6 Å². The number of oxime groups is 1. The van der Waals surface area contributed by atoms with E-state index in [1.165, 1.54) is 32.2 Å². The van der Waals surface area contributed by atoms with E-state index in [0.29, 0.717) is 5.56 Å². The Labute approximate surface area is 123 Å². The Morgan fingerprint density at radius 3 is 2.52 bits per heavy atom. The van der Waals surface area contributed by atoms with Gasteiger partial charge in [-0.2, -0.15) is 0 Å². The molecule has 0 aliphatic heterocycles. The minimum Gasteiger partial charge on any atom is -0.409 e. The highest BCUT2D eigenvalue weighted by Crippen LogP contribution is 2.13. The molecule has 1 heterocycles. The van der Waals surface area contributed by atoms with Gasteiger partial charge in [0.15, 0.2) is 15.7 Å². The molecule has 9 heteroatoms. The first kappa shape index (κ1) is 16.9. The van der Waals surface area contributed by atoms with E-state index in [2.05, 4.69) is 15.5 Å². The van der Waals surface area contributed by atoms with Crippen molar-refractivity contribution in [1.29, 1.82) is 0 Å². The number of nitrogens with two attached hydrogens (primary N) is 1. The number of amidine groups is 1. The lowest BCUT2D eigenvalue weighted by Gasteiger charge is -2.22. The zero-order chi connectivity index (χ0) is 16.3. The lowest BCUT2D eigenvalue weighted by molar-refractivity contribution is 0.0945. The number of carbonyl (C=O) groups excluding carboxylic acids is 1. The van der Waals surface area contributed by atoms with Crippen LogP contribution in [0.1, 0.15) is 29.9 Å². The molecule has 0 spiro atoms. The summed E-state index contributed by atoms with van der Waals surface area (Å²) in [6.07, 6.45) is 2.40. The largest absolute Gasteiger partial charge is 0.409 e. The summed E-state index contributed by atoms with van der Waals surface area (Å²) >= 11 is 0. The average molecular weight is 314 g/mol. The highest BCUT2D eigenvalue weighted by molar-refractivity contribution is 7.92. The standard InChI is InChI=1S/C12H18N4O4S/c1-12(2,21(3,19)20)7-15-11(17)9-5-4-8(6-14-9)10(13)16-18/h4-6,18H,7H2,1-3H3,(H2,13,16)(H,15,17). The third kappa shape index (κ3) is 4.15. The van der Waals surface area contributed by atoms with Crippen LogP contribution in [0.15, 0.2) is 23.5 Å². The Hall–Kier alpha value is -2.16. The number of hydrogen-bond acceptors (Lipinski definition) is 6. The topological polar surface area (TPSA) is 135 Å². The lowest BCUT2D eigenvalue weighted by atomic mass is 10.2. The summed E-state index contributed by atoms with van der Waals surface area (Å²) in [5.74, 6) is -0.620. The fourth-order valence-corrected chi connectivity index (χ4v) is 1.59. The summed E-state index contributed by atoms with van der Waals surface area (Å²) in [7, 11) is -3.30. The average Bonchev–Trinajstić information content (AvgIpc) is 2.43. The molecule has 0 saturated carbocycles. The maximum Gasteiger partial charge on any atom is 0.269 e. The molecule has 1 aromatic heterocycles. The van der Waals surface area contributed by atoms with Gasteiger partial charge in [-0.1, -0.05) is 5.16 Å². The van der Waals surface area contributed by atoms with Crippen LogP contribution in [0.5, 0.6) is 0 Å². The minimum atomic E-state index is -3.30. The Kier molecular flexibility index (Phi) is 4.89. The molecular formula is C12H18N4O4S. The SMILES string of the molecule is CC(C)(CNC(=O)c1ccc(C(N)=NO)cn1)S(C)(=O)=O. The van der Waals surface area contributed by atoms with Gasteiger partial charge in [-0.15, -0.1) is 0 Å². The molecule has 8 nitrogen and oxygen atoms in total. The zero-order valence-corrected chi connectivity index (χ0v) is 12.8. The smallest absolute Gasteiger partial charge is 0.269 e. The molecule has 4 N–H and O–H groups in total. The van der Waals surface area contributed by atoms with E-state index in [4.69, 9.17) is 10.9 Å². The molecule has 116 valence electrons. The number of pyridine rings is 1. The van der Waals surface area contributed by atoms with Gasteiger partial charge in [0.05, 0.1) is 4.75 Å². The molecule has 0 unspecified atom stereocenters. The summed E-state index contributed by atoms with van der Waals surface area (Å²) < 4.78 is 22.0. The van der Waals surface area contributed by atoms with Gasteiger partial charge in [-0.3, -0.25) is 9.78 Å². The van der Waals surface area contributed by atoms with Crippen LogP contribution in [-0.4, -0.2) is 47.9 Å². The summed E-state index contributed by atoms with van der Waals surface area (Å²) in [4.78, 5) is 15.8. The van der Waals surface area contributed by atoms with Crippen LogP contribution in [0, 0.1) is 0 Å². The van der Waals surface area contributed by atoms with Gasteiger partial charge in [0.1, 0.15) is 5.69 Å². The second kappa shape index (κ2) is 6.08. The molecule has 1 rings (SSSR count). The van der Waals surface area contributed by atoms with Crippen molar-refractivity contribution in [1.82, 2.24) is 10.3 Å². The predicted molar refractivity (Wildman–Crippen MR) is 78.0 cm³/mol. The Bertz CT molecular complexity index is 650. The molecule has 0 aliphatic carbocycles. The molecule has 1 aromatic rings. The normalized spacial score (nSPS) is 13.0. The highest BCUT2D eigenvalue weighted by Gasteiger charge is 2.30. The van der Waals surface area contributed by atoms with Crippen LogP contribution in [-0.2, 0) is 9.84 Å². The monoisotopic (exact) mass is 314 g/mol. The van der Waals surface area contributed by atoms with Gasteiger partial charge in [0, 0.05) is 24.6 Å². The lowest BCUT2D eigenvalue weighted by Crippen LogP contribution is -2.43. The fraction of sp³-hybridized carbons (Fsp3) is 0.417. The maximum atomic E-state index is 11.9. The minimum absolute atomic E-state index is 0.0334. The van der Waals surface area contributed by atoms with Crippen LogP contribution >= 0.6 is 0 Å². The van der Waals surface area contributed by atoms with Crippen LogP contribution in [0.3, 0.4) is 0 Å². The quantitative estimate of drug-likeness (QED) is 0.296. The van der Waals surface area contributed by atoms with Crippen LogP contribution in [0.25, 0.3) is 0 Å². The number of hydrogen-bond donors (Lipinski definition) is 3. The van der Waals surface area contributed by atoms with E-state index >= 15 is 0 Å². The van der Waals surface area contributed by atoms with E-state index < -0.39 is 20.5 Å². The van der Waals surface area contributed by atoms with Crippen molar-refractivity contribution in [2.24, 2.45) is 10.9 Å². The van der Waals surface area contributed by atoms with E-state index in [1.807, 2.05) is 0 Å². The molecule has 0 bridgehead atoms.